The number of piperazine rings is 1. The quantitative estimate of drug-likeness (QED) is 0.416. The Bertz CT molecular complexity index is 1110. The van der Waals surface area contributed by atoms with E-state index in [-0.39, 0.29) is 17.6 Å². The number of aromatic nitrogens is 1. The summed E-state index contributed by atoms with van der Waals surface area (Å²) in [6.45, 7) is 4.82. The van der Waals surface area contributed by atoms with Crippen molar-refractivity contribution in [3.05, 3.63) is 52.2 Å². The smallest absolute Gasteiger partial charge is 0.423 e. The number of amides is 1. The Morgan fingerprint density at radius 2 is 1.95 bits per heavy atom. The average Bonchev–Trinajstić information content (AvgIpc) is 3.35. The van der Waals surface area contributed by atoms with E-state index < -0.39 is 22.4 Å². The zero-order valence-electron chi connectivity index (χ0n) is 20.4. The zero-order valence-corrected chi connectivity index (χ0v) is 20.4. The van der Waals surface area contributed by atoms with E-state index in [9.17, 15) is 28.1 Å². The minimum atomic E-state index is -4.84. The highest BCUT2D eigenvalue weighted by Gasteiger charge is 2.38. The van der Waals surface area contributed by atoms with Gasteiger partial charge in [0.25, 0.3) is 5.69 Å². The van der Waals surface area contributed by atoms with Crippen LogP contribution in [-0.2, 0) is 11.0 Å². The third-order valence-corrected chi connectivity index (χ3v) is 6.72. The molecule has 1 amide bonds. The molecule has 2 saturated heterocycles. The number of likely N-dealkylation sites (tertiary alicyclic amines) is 1. The number of hydrogen-bond acceptors (Lipinski definition) is 8. The van der Waals surface area contributed by atoms with Gasteiger partial charge in [0.15, 0.2) is 0 Å². The number of halogens is 3. The van der Waals surface area contributed by atoms with Crippen LogP contribution in [0.2, 0.25) is 0 Å². The van der Waals surface area contributed by atoms with Gasteiger partial charge in [-0.15, -0.1) is 0 Å². The summed E-state index contributed by atoms with van der Waals surface area (Å²) in [6.07, 6.45) is -2.10. The molecule has 1 aromatic heterocycles. The van der Waals surface area contributed by atoms with Crippen LogP contribution in [0.1, 0.15) is 18.4 Å². The van der Waals surface area contributed by atoms with Crippen molar-refractivity contribution >= 4 is 23.0 Å². The summed E-state index contributed by atoms with van der Waals surface area (Å²) in [7, 11) is 1.58. The molecule has 0 spiro atoms. The van der Waals surface area contributed by atoms with E-state index in [2.05, 4.69) is 20.1 Å². The Kier molecular flexibility index (Phi) is 8.00. The fourth-order valence-corrected chi connectivity index (χ4v) is 4.67. The molecule has 2 aromatic rings. The minimum Gasteiger partial charge on any atom is -0.481 e. The first-order chi connectivity index (χ1) is 17.6. The molecular formula is C24H29F3N6O4. The molecule has 1 atom stereocenters. The maximum Gasteiger partial charge on any atom is 0.423 e. The second-order valence-electron chi connectivity index (χ2n) is 9.09. The van der Waals surface area contributed by atoms with E-state index >= 15 is 0 Å². The maximum atomic E-state index is 13.2. The molecule has 0 bridgehead atoms. The van der Waals surface area contributed by atoms with Gasteiger partial charge in [0.05, 0.1) is 23.9 Å². The maximum absolute atomic E-state index is 13.2. The summed E-state index contributed by atoms with van der Waals surface area (Å²) in [4.78, 5) is 33.1. The lowest BCUT2D eigenvalue weighted by Gasteiger charge is -2.36. The molecule has 2 aliphatic rings. The van der Waals surface area contributed by atoms with Gasteiger partial charge in [0, 0.05) is 76.1 Å². The van der Waals surface area contributed by atoms with Crippen LogP contribution in [0.15, 0.2) is 36.5 Å². The van der Waals surface area contributed by atoms with Crippen molar-refractivity contribution in [1.82, 2.24) is 14.8 Å². The largest absolute Gasteiger partial charge is 0.481 e. The van der Waals surface area contributed by atoms with Crippen LogP contribution in [0.4, 0.5) is 30.2 Å². The topological polar surface area (TPSA) is 104 Å². The Labute approximate surface area is 212 Å². The van der Waals surface area contributed by atoms with Crippen LogP contribution < -0.4 is 15.0 Å². The molecule has 2 aliphatic heterocycles. The SMILES string of the molecule is COc1ccc(N2CCN(CCC(=O)N3CC[C@@H](Nc4ccc([N+](=O)[O-])c(C(F)(F)F)c4)C3)CC2)cn1. The average molecular weight is 523 g/mol. The molecular weight excluding hydrogens is 493 g/mol. The van der Waals surface area contributed by atoms with Crippen molar-refractivity contribution in [3.8, 4) is 5.88 Å². The van der Waals surface area contributed by atoms with E-state index in [1.807, 2.05) is 12.1 Å². The monoisotopic (exact) mass is 522 g/mol. The van der Waals surface area contributed by atoms with Crippen molar-refractivity contribution in [2.45, 2.75) is 25.1 Å². The van der Waals surface area contributed by atoms with Crippen molar-refractivity contribution in [2.75, 3.05) is 63.1 Å². The molecule has 0 unspecified atom stereocenters. The number of nitrogens with zero attached hydrogens (tertiary/aromatic N) is 5. The lowest BCUT2D eigenvalue weighted by Crippen LogP contribution is -2.47. The van der Waals surface area contributed by atoms with Crippen LogP contribution in [0.25, 0.3) is 0 Å². The molecule has 0 radical (unpaired) electrons. The second-order valence-corrected chi connectivity index (χ2v) is 9.09. The number of methoxy groups -OCH3 is 1. The van der Waals surface area contributed by atoms with E-state index in [4.69, 9.17) is 4.74 Å². The fourth-order valence-electron chi connectivity index (χ4n) is 4.67. The third-order valence-electron chi connectivity index (χ3n) is 6.72. The van der Waals surface area contributed by atoms with E-state index in [1.54, 1.807) is 18.2 Å². The van der Waals surface area contributed by atoms with Crippen molar-refractivity contribution in [1.29, 1.82) is 0 Å². The molecule has 37 heavy (non-hydrogen) atoms. The summed E-state index contributed by atoms with van der Waals surface area (Å²) >= 11 is 0. The highest BCUT2D eigenvalue weighted by atomic mass is 19.4. The predicted molar refractivity (Wildman–Crippen MR) is 131 cm³/mol. The Hall–Kier alpha value is -3.61. The zero-order chi connectivity index (χ0) is 26.6. The molecule has 3 heterocycles. The molecule has 13 heteroatoms. The van der Waals surface area contributed by atoms with Crippen LogP contribution >= 0.6 is 0 Å². The number of anilines is 2. The predicted octanol–water partition coefficient (Wildman–Crippen LogP) is 3.24. The van der Waals surface area contributed by atoms with Gasteiger partial charge in [0.2, 0.25) is 11.8 Å². The number of nitro benzene ring substituents is 1. The fraction of sp³-hybridized carbons (Fsp3) is 0.500. The van der Waals surface area contributed by atoms with Gasteiger partial charge in [-0.25, -0.2) is 4.98 Å². The number of alkyl halides is 3. The van der Waals surface area contributed by atoms with Crippen LogP contribution in [-0.4, -0.2) is 84.6 Å². The van der Waals surface area contributed by atoms with Crippen molar-refractivity contribution in [3.63, 3.8) is 0 Å². The summed E-state index contributed by atoms with van der Waals surface area (Å²) in [5.41, 5.74) is -1.11. The first-order valence-corrected chi connectivity index (χ1v) is 12.0. The number of nitro groups is 1. The van der Waals surface area contributed by atoms with E-state index in [1.165, 1.54) is 6.07 Å². The van der Waals surface area contributed by atoms with Gasteiger partial charge < -0.3 is 19.9 Å². The van der Waals surface area contributed by atoms with Gasteiger partial charge in [-0.2, -0.15) is 13.2 Å². The number of rotatable bonds is 8. The standard InChI is InChI=1S/C24H29F3N6O4/c1-37-22-5-3-19(15-28-22)31-12-10-30(11-13-31)8-7-23(34)32-9-6-18(16-32)29-17-2-4-21(33(35)36)20(14-17)24(25,26)27/h2-5,14-15,18,29H,6-13,16H2,1H3/t18-/m1/s1. The third kappa shape index (κ3) is 6.59. The highest BCUT2D eigenvalue weighted by Crippen LogP contribution is 2.37. The van der Waals surface area contributed by atoms with Crippen molar-refractivity contribution in [2.24, 2.45) is 0 Å². The molecule has 10 nitrogen and oxygen atoms in total. The first kappa shape index (κ1) is 26.5. The van der Waals surface area contributed by atoms with E-state index in [0.29, 0.717) is 38.4 Å². The minimum absolute atomic E-state index is 0.00534. The Balaban J connectivity index is 1.23. The highest BCUT2D eigenvalue weighted by molar-refractivity contribution is 5.77. The summed E-state index contributed by atoms with van der Waals surface area (Å²) in [5.74, 6) is 0.574. The summed E-state index contributed by atoms with van der Waals surface area (Å²) < 4.78 is 44.8. The molecule has 1 N–H and O–H groups in total. The molecule has 200 valence electrons. The number of pyridine rings is 1. The number of carbonyl (C=O) groups is 1. The van der Waals surface area contributed by atoms with Crippen LogP contribution in [0.3, 0.4) is 0 Å². The molecule has 0 aliphatic carbocycles. The van der Waals surface area contributed by atoms with Crippen molar-refractivity contribution < 1.29 is 27.6 Å². The normalized spacial score (nSPS) is 18.6. The summed E-state index contributed by atoms with van der Waals surface area (Å²) in [5, 5.41) is 13.9. The molecule has 2 fully saturated rings. The molecule has 4 rings (SSSR count). The number of nitrogens with one attached hydrogen (secondary N) is 1. The van der Waals surface area contributed by atoms with Gasteiger partial charge >= 0.3 is 6.18 Å². The van der Waals surface area contributed by atoms with Gasteiger partial charge in [-0.1, -0.05) is 0 Å². The van der Waals surface area contributed by atoms with Gasteiger partial charge in [-0.05, 0) is 24.6 Å². The first-order valence-electron chi connectivity index (χ1n) is 12.0. The van der Waals surface area contributed by atoms with Gasteiger partial charge in [0.1, 0.15) is 5.56 Å². The summed E-state index contributed by atoms with van der Waals surface area (Å²) in [6, 6.07) is 6.45. The van der Waals surface area contributed by atoms with Crippen LogP contribution in [0.5, 0.6) is 5.88 Å². The Morgan fingerprint density at radius 1 is 1.19 bits per heavy atom. The molecule has 0 saturated carbocycles. The van der Waals surface area contributed by atoms with Gasteiger partial charge in [-0.3, -0.25) is 19.8 Å². The number of hydrogen-bond donors (Lipinski definition) is 1. The van der Waals surface area contributed by atoms with Crippen LogP contribution in [0, 0.1) is 10.1 Å². The Morgan fingerprint density at radius 3 is 2.57 bits per heavy atom. The lowest BCUT2D eigenvalue weighted by molar-refractivity contribution is -0.388. The number of benzene rings is 1. The molecule has 1 aromatic carbocycles. The van der Waals surface area contributed by atoms with E-state index in [0.717, 1.165) is 44.0 Å². The number of carbonyl (C=O) groups excluding carboxylic acids is 1. The lowest BCUT2D eigenvalue weighted by atomic mass is 10.1. The number of ether oxygens (including phenoxy) is 1. The second kappa shape index (κ2) is 11.2.